The van der Waals surface area contributed by atoms with E-state index in [0.29, 0.717) is 11.6 Å². The lowest BCUT2D eigenvalue weighted by Gasteiger charge is -2.05. The molecule has 1 heterocycles. The first kappa shape index (κ1) is 14.2. The second-order valence-electron chi connectivity index (χ2n) is 3.34. The number of nitrogen functional groups attached to an aromatic ring is 1. The molecule has 18 heavy (non-hydrogen) atoms. The van der Waals surface area contributed by atoms with Crippen molar-refractivity contribution in [2.45, 2.75) is 18.4 Å². The molecule has 4 N–H and O–H groups in total. The zero-order valence-corrected chi connectivity index (χ0v) is 10.8. The minimum atomic E-state index is -0.491. The van der Waals surface area contributed by atoms with Crippen molar-refractivity contribution in [1.82, 2.24) is 20.6 Å². The van der Waals surface area contributed by atoms with Crippen molar-refractivity contribution in [1.29, 1.82) is 0 Å². The highest BCUT2D eigenvalue weighted by Gasteiger charge is 2.09. The number of nitrogens with zero attached hydrogens (tertiary/aromatic N) is 2. The van der Waals surface area contributed by atoms with E-state index in [4.69, 9.17) is 5.73 Å². The van der Waals surface area contributed by atoms with Crippen LogP contribution >= 0.6 is 11.8 Å². The van der Waals surface area contributed by atoms with Crippen LogP contribution in [0.25, 0.3) is 0 Å². The van der Waals surface area contributed by atoms with Crippen LogP contribution in [0.2, 0.25) is 0 Å². The second kappa shape index (κ2) is 7.49. The average molecular weight is 269 g/mol. The number of carbonyl (C=O) groups excluding carboxylic acids is 2. The minimum absolute atomic E-state index is 0.0580. The quantitative estimate of drug-likeness (QED) is 0.667. The fraction of sp³-hybridized carbons (Fsp3) is 0.400. The maximum absolute atomic E-state index is 11.4. The van der Waals surface area contributed by atoms with Crippen LogP contribution in [0.4, 0.5) is 10.6 Å². The monoisotopic (exact) mass is 269 g/mol. The lowest BCUT2D eigenvalue weighted by molar-refractivity contribution is -0.117. The largest absolute Gasteiger partial charge is 0.381 e. The first-order valence-electron chi connectivity index (χ1n) is 5.40. The van der Waals surface area contributed by atoms with E-state index in [9.17, 15) is 9.59 Å². The molecule has 1 rings (SSSR count). The van der Waals surface area contributed by atoms with Gasteiger partial charge in [0.2, 0.25) is 5.91 Å². The first-order chi connectivity index (χ1) is 8.63. The Morgan fingerprint density at radius 1 is 1.39 bits per heavy atom. The van der Waals surface area contributed by atoms with Gasteiger partial charge in [0.25, 0.3) is 0 Å². The number of aromatic nitrogens is 2. The van der Waals surface area contributed by atoms with Gasteiger partial charge in [0.1, 0.15) is 5.03 Å². The molecule has 0 fully saturated rings. The van der Waals surface area contributed by atoms with Crippen LogP contribution in [0.5, 0.6) is 0 Å². The van der Waals surface area contributed by atoms with Crippen molar-refractivity contribution < 1.29 is 9.59 Å². The summed E-state index contributed by atoms with van der Waals surface area (Å²) in [5, 5.41) is 5.22. The van der Waals surface area contributed by atoms with Crippen molar-refractivity contribution in [2.75, 3.05) is 18.0 Å². The Kier molecular flexibility index (Phi) is 5.92. The fourth-order valence-electron chi connectivity index (χ4n) is 1.03. The van der Waals surface area contributed by atoms with Crippen LogP contribution < -0.4 is 16.4 Å². The third-order valence-corrected chi connectivity index (χ3v) is 2.81. The summed E-state index contributed by atoms with van der Waals surface area (Å²) in [5.41, 5.74) is 5.57. The van der Waals surface area contributed by atoms with Crippen molar-refractivity contribution in [3.63, 3.8) is 0 Å². The summed E-state index contributed by atoms with van der Waals surface area (Å²) < 4.78 is 0. The maximum Gasteiger partial charge on any atom is 0.321 e. The highest BCUT2D eigenvalue weighted by molar-refractivity contribution is 8.00. The molecule has 98 valence electrons. The summed E-state index contributed by atoms with van der Waals surface area (Å²) in [4.78, 5) is 30.4. The number of thioether (sulfide) groups is 1. The molecule has 1 aromatic heterocycles. The number of amides is 3. The summed E-state index contributed by atoms with van der Waals surface area (Å²) >= 11 is 1.13. The summed E-state index contributed by atoms with van der Waals surface area (Å²) in [7, 11) is 0. The summed E-state index contributed by atoms with van der Waals surface area (Å²) in [6.07, 6.45) is 3.77. The lowest BCUT2D eigenvalue weighted by Crippen LogP contribution is -2.40. The van der Waals surface area contributed by atoms with E-state index in [1.165, 1.54) is 12.4 Å². The predicted octanol–water partition coefficient (Wildman–Crippen LogP) is 0.387. The van der Waals surface area contributed by atoms with Gasteiger partial charge in [-0.25, -0.2) is 14.8 Å². The Balaban J connectivity index is 2.33. The highest BCUT2D eigenvalue weighted by atomic mass is 32.2. The smallest absolute Gasteiger partial charge is 0.321 e. The molecule has 1 aromatic rings. The lowest BCUT2D eigenvalue weighted by atomic mass is 10.5. The number of imide groups is 1. The van der Waals surface area contributed by atoms with Crippen LogP contribution in [0.15, 0.2) is 17.4 Å². The van der Waals surface area contributed by atoms with E-state index in [1.54, 1.807) is 0 Å². The van der Waals surface area contributed by atoms with Crippen LogP contribution in [-0.2, 0) is 4.79 Å². The summed E-state index contributed by atoms with van der Waals surface area (Å²) in [6.45, 7) is 2.46. The van der Waals surface area contributed by atoms with Gasteiger partial charge in [-0.05, 0) is 6.42 Å². The van der Waals surface area contributed by atoms with Gasteiger partial charge in [-0.1, -0.05) is 18.7 Å². The molecule has 0 spiro atoms. The zero-order valence-electron chi connectivity index (χ0n) is 9.97. The van der Waals surface area contributed by atoms with Gasteiger partial charge < -0.3 is 11.1 Å². The van der Waals surface area contributed by atoms with E-state index >= 15 is 0 Å². The van der Waals surface area contributed by atoms with Crippen LogP contribution in [0, 0.1) is 0 Å². The van der Waals surface area contributed by atoms with E-state index in [0.717, 1.165) is 18.2 Å². The van der Waals surface area contributed by atoms with Gasteiger partial charge in [-0.15, -0.1) is 0 Å². The van der Waals surface area contributed by atoms with Crippen molar-refractivity contribution in [3.05, 3.63) is 12.4 Å². The van der Waals surface area contributed by atoms with Gasteiger partial charge >= 0.3 is 6.03 Å². The standard InChI is InChI=1S/C10H15N5O2S/c1-2-3-14-10(17)15-7(16)6-18-9-8(11)12-4-5-13-9/h4-5H,2-3,6H2,1H3,(H2,11,12)(H2,14,15,16,17). The molecule has 0 unspecified atom stereocenters. The average Bonchev–Trinajstić information content (AvgIpc) is 2.35. The Morgan fingerprint density at radius 2 is 2.11 bits per heavy atom. The number of hydrogen-bond donors (Lipinski definition) is 3. The molecule has 7 nitrogen and oxygen atoms in total. The molecule has 3 amide bonds. The second-order valence-corrected chi connectivity index (χ2v) is 4.30. The summed E-state index contributed by atoms with van der Waals surface area (Å²) in [5.74, 6) is -0.0768. The van der Waals surface area contributed by atoms with Crippen molar-refractivity contribution >= 4 is 29.5 Å². The van der Waals surface area contributed by atoms with E-state index in [-0.39, 0.29) is 11.6 Å². The third kappa shape index (κ3) is 5.00. The van der Waals surface area contributed by atoms with Crippen molar-refractivity contribution in [2.24, 2.45) is 0 Å². The third-order valence-electron chi connectivity index (χ3n) is 1.82. The number of urea groups is 1. The molecular formula is C10H15N5O2S. The minimum Gasteiger partial charge on any atom is -0.381 e. The predicted molar refractivity (Wildman–Crippen MR) is 69.0 cm³/mol. The maximum atomic E-state index is 11.4. The number of anilines is 1. The Hall–Kier alpha value is -1.83. The SMILES string of the molecule is CCCNC(=O)NC(=O)CSc1nccnc1N. The zero-order chi connectivity index (χ0) is 13.4. The van der Waals surface area contributed by atoms with Crippen LogP contribution in [0.3, 0.4) is 0 Å². The number of hydrogen-bond acceptors (Lipinski definition) is 6. The number of rotatable bonds is 5. The van der Waals surface area contributed by atoms with Gasteiger partial charge in [0.05, 0.1) is 5.75 Å². The molecule has 0 aromatic carbocycles. The van der Waals surface area contributed by atoms with E-state index in [2.05, 4.69) is 20.6 Å². The molecule has 0 bridgehead atoms. The van der Waals surface area contributed by atoms with Crippen LogP contribution in [-0.4, -0.2) is 34.2 Å². The van der Waals surface area contributed by atoms with Gasteiger partial charge in [-0.3, -0.25) is 10.1 Å². The molecular weight excluding hydrogens is 254 g/mol. The molecule has 0 aliphatic heterocycles. The number of nitrogens with one attached hydrogen (secondary N) is 2. The Morgan fingerprint density at radius 3 is 2.78 bits per heavy atom. The fourth-order valence-corrected chi connectivity index (χ4v) is 1.70. The molecule has 0 atom stereocenters. The van der Waals surface area contributed by atoms with Gasteiger partial charge in [0, 0.05) is 18.9 Å². The summed E-state index contributed by atoms with van der Waals surface area (Å²) in [6, 6.07) is -0.491. The van der Waals surface area contributed by atoms with E-state index in [1.807, 2.05) is 6.92 Å². The van der Waals surface area contributed by atoms with Gasteiger partial charge in [-0.2, -0.15) is 0 Å². The molecule has 8 heteroatoms. The Bertz CT molecular complexity index is 426. The normalized spacial score (nSPS) is 9.83. The first-order valence-corrected chi connectivity index (χ1v) is 6.39. The molecule has 0 radical (unpaired) electrons. The van der Waals surface area contributed by atoms with Gasteiger partial charge in [0.15, 0.2) is 5.82 Å². The topological polar surface area (TPSA) is 110 Å². The van der Waals surface area contributed by atoms with Crippen molar-refractivity contribution in [3.8, 4) is 0 Å². The molecule has 0 saturated carbocycles. The molecule has 0 aliphatic carbocycles. The number of nitrogens with two attached hydrogens (primary N) is 1. The molecule has 0 saturated heterocycles. The van der Waals surface area contributed by atoms with Crippen LogP contribution in [0.1, 0.15) is 13.3 Å². The highest BCUT2D eigenvalue weighted by Crippen LogP contribution is 2.18. The van der Waals surface area contributed by atoms with E-state index < -0.39 is 11.9 Å². The Labute approximate surface area is 109 Å². The number of carbonyl (C=O) groups is 2. The molecule has 0 aliphatic rings.